The third-order valence-corrected chi connectivity index (χ3v) is 6.77. The molecule has 0 radical (unpaired) electrons. The van der Waals surface area contributed by atoms with Crippen molar-refractivity contribution in [3.05, 3.63) is 101 Å². The number of carbonyl (C=O) groups is 1. The molecule has 3 aromatic heterocycles. The van der Waals surface area contributed by atoms with E-state index in [9.17, 15) is 4.79 Å². The first-order chi connectivity index (χ1) is 18.0. The number of rotatable bonds is 7. The third-order valence-electron chi connectivity index (χ3n) is 5.92. The summed E-state index contributed by atoms with van der Waals surface area (Å²) in [4.78, 5) is 23.1. The van der Waals surface area contributed by atoms with Gasteiger partial charge in [0, 0.05) is 37.1 Å². The number of methoxy groups -OCH3 is 1. The molecule has 4 aromatic rings. The van der Waals surface area contributed by atoms with Gasteiger partial charge in [0.25, 0.3) is 0 Å². The second-order valence-corrected chi connectivity index (χ2v) is 9.51. The molecule has 188 valence electrons. The highest BCUT2D eigenvalue weighted by atomic mass is 35.5. The fourth-order valence-corrected chi connectivity index (χ4v) is 5.04. The summed E-state index contributed by atoms with van der Waals surface area (Å²) in [5, 5.41) is 7.64. The van der Waals surface area contributed by atoms with Gasteiger partial charge in [-0.25, -0.2) is 4.98 Å². The second-order valence-electron chi connectivity index (χ2n) is 8.28. The van der Waals surface area contributed by atoms with E-state index in [0.29, 0.717) is 20.8 Å². The summed E-state index contributed by atoms with van der Waals surface area (Å²) in [5.41, 5.74) is 3.01. The Labute approximate surface area is 229 Å². The average Bonchev–Trinajstić information content (AvgIpc) is 3.51. The second kappa shape index (κ2) is 10.9. The lowest BCUT2D eigenvalue weighted by atomic mass is 10.0. The van der Waals surface area contributed by atoms with E-state index in [-0.39, 0.29) is 24.6 Å². The molecule has 5 rings (SSSR count). The molecular formula is C26H22Cl2N6O2S. The van der Waals surface area contributed by atoms with E-state index in [4.69, 9.17) is 40.2 Å². The van der Waals surface area contributed by atoms with Gasteiger partial charge in [-0.1, -0.05) is 29.3 Å². The molecule has 2 N–H and O–H groups in total. The predicted octanol–water partition coefficient (Wildman–Crippen LogP) is 5.34. The standard InChI is InChI=1S/C26H22Cl2N6O2S/c1-36-15-23(35)31-19-9-8-17(13-18(19)28)34-25(24(32-26(34)37)20-5-2-3-11-29-20)21-6-4-12-33(21)22-10-7-16(27)14-30-22/h2-14,24-25H,15H2,1H3,(H,31,35)(H,32,37)/t24-,25-/m0/s1. The minimum absolute atomic E-state index is 0.0677. The average molecular weight is 553 g/mol. The summed E-state index contributed by atoms with van der Waals surface area (Å²) < 4.78 is 6.89. The van der Waals surface area contributed by atoms with Crippen molar-refractivity contribution < 1.29 is 9.53 Å². The Bertz CT molecular complexity index is 1430. The van der Waals surface area contributed by atoms with E-state index in [1.165, 1.54) is 7.11 Å². The number of ether oxygens (including phenoxy) is 1. The number of benzene rings is 1. The number of amides is 1. The van der Waals surface area contributed by atoms with Gasteiger partial charge in [0.2, 0.25) is 5.91 Å². The molecule has 0 bridgehead atoms. The molecule has 1 aliphatic heterocycles. The molecule has 2 atom stereocenters. The molecule has 0 spiro atoms. The lowest BCUT2D eigenvalue weighted by Crippen LogP contribution is -2.30. The largest absolute Gasteiger partial charge is 0.375 e. The van der Waals surface area contributed by atoms with Crippen molar-refractivity contribution in [3.63, 3.8) is 0 Å². The van der Waals surface area contributed by atoms with Crippen LogP contribution in [-0.2, 0) is 9.53 Å². The minimum Gasteiger partial charge on any atom is -0.375 e. The van der Waals surface area contributed by atoms with Crippen LogP contribution >= 0.6 is 35.4 Å². The van der Waals surface area contributed by atoms with E-state index in [2.05, 4.69) is 20.6 Å². The van der Waals surface area contributed by atoms with E-state index in [0.717, 1.165) is 22.9 Å². The highest BCUT2D eigenvalue weighted by Crippen LogP contribution is 2.43. The zero-order valence-electron chi connectivity index (χ0n) is 19.6. The van der Waals surface area contributed by atoms with E-state index >= 15 is 0 Å². The number of halogens is 2. The van der Waals surface area contributed by atoms with Crippen molar-refractivity contribution in [3.8, 4) is 5.82 Å². The fraction of sp³-hybridized carbons (Fsp3) is 0.154. The van der Waals surface area contributed by atoms with Crippen molar-refractivity contribution >= 4 is 57.8 Å². The Balaban J connectivity index is 1.58. The summed E-state index contributed by atoms with van der Waals surface area (Å²) in [7, 11) is 1.46. The van der Waals surface area contributed by atoms with Crippen LogP contribution in [0.5, 0.6) is 0 Å². The molecule has 11 heteroatoms. The van der Waals surface area contributed by atoms with Crippen LogP contribution in [0.2, 0.25) is 10.0 Å². The number of nitrogens with one attached hydrogen (secondary N) is 2. The van der Waals surface area contributed by atoms with Crippen LogP contribution in [0, 0.1) is 0 Å². The topological polar surface area (TPSA) is 84.3 Å². The molecule has 4 heterocycles. The first kappa shape index (κ1) is 25.2. The SMILES string of the molecule is COCC(=O)Nc1ccc(N2C(=S)N[C@@H](c3ccccn3)[C@@H]2c2cccn2-c2ccc(Cl)cn2)cc1Cl. The Morgan fingerprint density at radius 2 is 2.00 bits per heavy atom. The fourth-order valence-electron chi connectivity index (χ4n) is 4.36. The molecule has 37 heavy (non-hydrogen) atoms. The summed E-state index contributed by atoms with van der Waals surface area (Å²) in [6.07, 6.45) is 5.32. The Kier molecular flexibility index (Phi) is 7.38. The number of pyridine rings is 2. The van der Waals surface area contributed by atoms with Crippen LogP contribution in [0.25, 0.3) is 5.82 Å². The van der Waals surface area contributed by atoms with Crippen molar-refractivity contribution in [2.45, 2.75) is 12.1 Å². The number of hydrogen-bond acceptors (Lipinski definition) is 5. The number of nitrogens with zero attached hydrogens (tertiary/aromatic N) is 4. The number of aromatic nitrogens is 3. The molecule has 8 nitrogen and oxygen atoms in total. The molecule has 1 saturated heterocycles. The monoisotopic (exact) mass is 552 g/mol. The normalized spacial score (nSPS) is 17.1. The van der Waals surface area contributed by atoms with Gasteiger partial charge < -0.3 is 24.8 Å². The predicted molar refractivity (Wildman–Crippen MR) is 148 cm³/mol. The molecule has 1 amide bonds. The summed E-state index contributed by atoms with van der Waals surface area (Å²) in [6, 6.07) is 18.3. The van der Waals surface area contributed by atoms with Gasteiger partial charge >= 0.3 is 0 Å². The lowest BCUT2D eigenvalue weighted by Gasteiger charge is -2.29. The first-order valence-electron chi connectivity index (χ1n) is 11.3. The zero-order valence-corrected chi connectivity index (χ0v) is 22.0. The minimum atomic E-state index is -0.295. The number of hydrogen-bond donors (Lipinski definition) is 2. The van der Waals surface area contributed by atoms with Gasteiger partial charge in [0.15, 0.2) is 5.11 Å². The number of anilines is 2. The van der Waals surface area contributed by atoms with Crippen LogP contribution in [0.3, 0.4) is 0 Å². The van der Waals surface area contributed by atoms with Crippen LogP contribution in [0.15, 0.2) is 79.3 Å². The molecule has 1 fully saturated rings. The van der Waals surface area contributed by atoms with Gasteiger partial charge in [-0.15, -0.1) is 0 Å². The summed E-state index contributed by atoms with van der Waals surface area (Å²) >= 11 is 18.5. The van der Waals surface area contributed by atoms with Crippen molar-refractivity contribution in [2.24, 2.45) is 0 Å². The highest BCUT2D eigenvalue weighted by Gasteiger charge is 2.42. The molecular weight excluding hydrogens is 531 g/mol. The Morgan fingerprint density at radius 1 is 1.14 bits per heavy atom. The number of thiocarbonyl (C=S) groups is 1. The van der Waals surface area contributed by atoms with E-state index in [1.54, 1.807) is 30.6 Å². The van der Waals surface area contributed by atoms with Gasteiger partial charge in [-0.3, -0.25) is 9.78 Å². The van der Waals surface area contributed by atoms with Crippen LogP contribution < -0.4 is 15.5 Å². The molecule has 0 unspecified atom stereocenters. The van der Waals surface area contributed by atoms with Gasteiger partial charge in [0.1, 0.15) is 18.5 Å². The smallest absolute Gasteiger partial charge is 0.250 e. The lowest BCUT2D eigenvalue weighted by molar-refractivity contribution is -0.119. The van der Waals surface area contributed by atoms with Crippen LogP contribution in [-0.4, -0.2) is 39.3 Å². The maximum Gasteiger partial charge on any atom is 0.250 e. The van der Waals surface area contributed by atoms with Gasteiger partial charge in [0.05, 0.1) is 27.5 Å². The molecule has 0 aliphatic carbocycles. The molecule has 1 aliphatic rings. The van der Waals surface area contributed by atoms with Crippen molar-refractivity contribution in [1.82, 2.24) is 19.9 Å². The quantitative estimate of drug-likeness (QED) is 0.299. The Hall–Kier alpha value is -3.50. The maximum atomic E-state index is 12.0. The van der Waals surface area contributed by atoms with Gasteiger partial charge in [-0.05, 0) is 66.8 Å². The highest BCUT2D eigenvalue weighted by molar-refractivity contribution is 7.80. The van der Waals surface area contributed by atoms with Crippen LogP contribution in [0.1, 0.15) is 23.5 Å². The van der Waals surface area contributed by atoms with Gasteiger partial charge in [-0.2, -0.15) is 0 Å². The third kappa shape index (κ3) is 5.17. The molecule has 1 aromatic carbocycles. The van der Waals surface area contributed by atoms with Crippen molar-refractivity contribution in [2.75, 3.05) is 23.9 Å². The zero-order chi connectivity index (χ0) is 25.9. The first-order valence-corrected chi connectivity index (χ1v) is 12.5. The summed E-state index contributed by atoms with van der Waals surface area (Å²) in [5.74, 6) is 0.424. The van der Waals surface area contributed by atoms with Crippen molar-refractivity contribution in [1.29, 1.82) is 0 Å². The summed E-state index contributed by atoms with van der Waals surface area (Å²) in [6.45, 7) is -0.0677. The molecule has 0 saturated carbocycles. The Morgan fingerprint density at radius 3 is 2.70 bits per heavy atom. The number of carbonyl (C=O) groups excluding carboxylic acids is 1. The van der Waals surface area contributed by atoms with E-state index in [1.807, 2.05) is 58.1 Å². The van der Waals surface area contributed by atoms with Crippen LogP contribution in [0.4, 0.5) is 11.4 Å². The maximum absolute atomic E-state index is 12.0. The van der Waals surface area contributed by atoms with E-state index < -0.39 is 0 Å².